The van der Waals surface area contributed by atoms with Gasteiger partial charge in [0.05, 0.1) is 24.7 Å². The summed E-state index contributed by atoms with van der Waals surface area (Å²) in [6.45, 7) is 0.841. The molecule has 19 heavy (non-hydrogen) atoms. The minimum atomic E-state index is -0.269. The average Bonchev–Trinajstić information content (AvgIpc) is 3.34. The van der Waals surface area contributed by atoms with Crippen LogP contribution in [0.3, 0.4) is 0 Å². The molecule has 0 aliphatic heterocycles. The number of hydrogen-bond acceptors (Lipinski definition) is 2. The molecule has 2 aliphatic rings. The van der Waals surface area contributed by atoms with Crippen LogP contribution in [0.25, 0.3) is 0 Å². The summed E-state index contributed by atoms with van der Waals surface area (Å²) in [5, 5.41) is 10.1. The molecule has 1 atom stereocenters. The van der Waals surface area contributed by atoms with Crippen molar-refractivity contribution in [2.24, 2.45) is 5.92 Å². The van der Waals surface area contributed by atoms with Crippen molar-refractivity contribution in [1.82, 2.24) is 14.1 Å². The van der Waals surface area contributed by atoms with Gasteiger partial charge in [-0.15, -0.1) is 0 Å². The summed E-state index contributed by atoms with van der Waals surface area (Å²) < 4.78 is 4.44. The van der Waals surface area contributed by atoms with E-state index in [-0.39, 0.29) is 6.10 Å². The minimum absolute atomic E-state index is 0.269. The van der Waals surface area contributed by atoms with E-state index in [1.54, 1.807) is 0 Å². The van der Waals surface area contributed by atoms with Gasteiger partial charge in [-0.25, -0.2) is 4.98 Å². The average molecular weight is 257 g/mol. The summed E-state index contributed by atoms with van der Waals surface area (Å²) in [5.41, 5.74) is 2.31. The second-order valence-corrected chi connectivity index (χ2v) is 5.92. The summed E-state index contributed by atoms with van der Waals surface area (Å²) in [6, 6.07) is 2.71. The molecule has 0 bridgehead atoms. The molecule has 100 valence electrons. The Labute approximate surface area is 112 Å². The van der Waals surface area contributed by atoms with Gasteiger partial charge in [-0.3, -0.25) is 0 Å². The van der Waals surface area contributed by atoms with Crippen LogP contribution in [0.2, 0.25) is 0 Å². The van der Waals surface area contributed by atoms with E-state index in [4.69, 9.17) is 0 Å². The number of imidazole rings is 1. The van der Waals surface area contributed by atoms with Crippen LogP contribution in [0.4, 0.5) is 0 Å². The molecule has 2 heterocycles. The number of aliphatic hydroxyl groups excluding tert-OH is 1. The molecule has 2 aromatic rings. The number of hydrogen-bond donors (Lipinski definition) is 1. The normalized spacial score (nSPS) is 20.7. The molecule has 2 aromatic heterocycles. The van der Waals surface area contributed by atoms with E-state index < -0.39 is 0 Å². The van der Waals surface area contributed by atoms with Crippen LogP contribution >= 0.6 is 0 Å². The summed E-state index contributed by atoms with van der Waals surface area (Å²) in [7, 11) is 0. The van der Waals surface area contributed by atoms with E-state index in [1.807, 2.05) is 18.6 Å². The second-order valence-electron chi connectivity index (χ2n) is 5.92. The van der Waals surface area contributed by atoms with Gasteiger partial charge in [0.25, 0.3) is 0 Å². The van der Waals surface area contributed by atoms with E-state index in [1.165, 1.54) is 31.4 Å². The molecule has 4 nitrogen and oxygen atoms in total. The van der Waals surface area contributed by atoms with Gasteiger partial charge in [-0.1, -0.05) is 0 Å². The molecular weight excluding hydrogens is 238 g/mol. The molecule has 0 amide bonds. The fraction of sp³-hybridized carbons (Fsp3) is 0.533. The highest BCUT2D eigenvalue weighted by molar-refractivity contribution is 5.17. The lowest BCUT2D eigenvalue weighted by Crippen LogP contribution is -2.04. The van der Waals surface area contributed by atoms with Crippen molar-refractivity contribution in [3.05, 3.63) is 42.2 Å². The smallest absolute Gasteiger partial charge is 0.0951 e. The monoisotopic (exact) mass is 257 g/mol. The van der Waals surface area contributed by atoms with Crippen molar-refractivity contribution in [2.45, 2.75) is 44.4 Å². The molecule has 1 unspecified atom stereocenters. The fourth-order valence-corrected chi connectivity index (χ4v) is 2.74. The maximum Gasteiger partial charge on any atom is 0.0951 e. The molecule has 2 aliphatic carbocycles. The van der Waals surface area contributed by atoms with Gasteiger partial charge in [0.2, 0.25) is 0 Å². The van der Waals surface area contributed by atoms with Crippen LogP contribution in [0.5, 0.6) is 0 Å². The van der Waals surface area contributed by atoms with Crippen molar-refractivity contribution in [3.8, 4) is 0 Å². The lowest BCUT2D eigenvalue weighted by Gasteiger charge is -2.08. The van der Waals surface area contributed by atoms with Crippen molar-refractivity contribution in [3.63, 3.8) is 0 Å². The van der Waals surface area contributed by atoms with E-state index in [0.717, 1.165) is 12.1 Å². The summed E-state index contributed by atoms with van der Waals surface area (Å²) in [6.07, 6.45) is 12.7. The van der Waals surface area contributed by atoms with Crippen LogP contribution < -0.4 is 0 Å². The molecule has 0 aromatic carbocycles. The highest BCUT2D eigenvalue weighted by atomic mass is 16.3. The molecule has 0 saturated heterocycles. The molecule has 1 N–H and O–H groups in total. The topological polar surface area (TPSA) is 43.0 Å². The van der Waals surface area contributed by atoms with Crippen molar-refractivity contribution in [2.75, 3.05) is 0 Å². The Hall–Kier alpha value is -1.55. The van der Waals surface area contributed by atoms with Gasteiger partial charge < -0.3 is 14.2 Å². The molecule has 4 rings (SSSR count). The first-order valence-electron chi connectivity index (χ1n) is 7.16. The van der Waals surface area contributed by atoms with Gasteiger partial charge in [0.1, 0.15) is 0 Å². The third-order valence-corrected chi connectivity index (χ3v) is 4.21. The van der Waals surface area contributed by atoms with Crippen LogP contribution in [0, 0.1) is 5.92 Å². The Bertz CT molecular complexity index is 578. The standard InChI is InChI=1S/C15H19N3O/c19-15(11-1-2-11)12-5-6-17(8-12)9-14-7-16-10-18(14)13-3-4-13/h5-8,10-11,13,15,19H,1-4,9H2. The van der Waals surface area contributed by atoms with E-state index in [2.05, 4.69) is 26.5 Å². The Balaban J connectivity index is 1.51. The van der Waals surface area contributed by atoms with Gasteiger partial charge in [-0.05, 0) is 43.2 Å². The summed E-state index contributed by atoms with van der Waals surface area (Å²) >= 11 is 0. The Morgan fingerprint density at radius 3 is 2.89 bits per heavy atom. The maximum absolute atomic E-state index is 10.1. The first-order valence-corrected chi connectivity index (χ1v) is 7.16. The van der Waals surface area contributed by atoms with Gasteiger partial charge in [0, 0.05) is 24.6 Å². The van der Waals surface area contributed by atoms with Crippen molar-refractivity contribution in [1.29, 1.82) is 0 Å². The van der Waals surface area contributed by atoms with Crippen LogP contribution in [0.1, 0.15) is 49.1 Å². The van der Waals surface area contributed by atoms with E-state index in [0.29, 0.717) is 12.0 Å². The van der Waals surface area contributed by atoms with Gasteiger partial charge >= 0.3 is 0 Å². The molecule has 0 spiro atoms. The zero-order valence-electron chi connectivity index (χ0n) is 10.9. The lowest BCUT2D eigenvalue weighted by molar-refractivity contribution is 0.154. The predicted molar refractivity (Wildman–Crippen MR) is 71.7 cm³/mol. The largest absolute Gasteiger partial charge is 0.388 e. The number of aromatic nitrogens is 3. The van der Waals surface area contributed by atoms with Crippen molar-refractivity contribution >= 4 is 0 Å². The highest BCUT2D eigenvalue weighted by Crippen LogP contribution is 2.41. The fourth-order valence-electron chi connectivity index (χ4n) is 2.74. The second kappa shape index (κ2) is 4.23. The quantitative estimate of drug-likeness (QED) is 0.894. The number of rotatable bonds is 5. The van der Waals surface area contributed by atoms with Crippen LogP contribution in [-0.4, -0.2) is 19.2 Å². The molecule has 0 radical (unpaired) electrons. The SMILES string of the molecule is OC(c1ccn(Cc2cncn2C2CC2)c1)C1CC1. The van der Waals surface area contributed by atoms with Crippen molar-refractivity contribution < 1.29 is 5.11 Å². The number of aliphatic hydroxyl groups is 1. The zero-order valence-corrected chi connectivity index (χ0v) is 10.9. The third kappa shape index (κ3) is 2.21. The Morgan fingerprint density at radius 1 is 1.32 bits per heavy atom. The van der Waals surface area contributed by atoms with E-state index >= 15 is 0 Å². The Morgan fingerprint density at radius 2 is 2.16 bits per heavy atom. The minimum Gasteiger partial charge on any atom is -0.388 e. The number of nitrogens with zero attached hydrogens (tertiary/aromatic N) is 3. The van der Waals surface area contributed by atoms with Crippen LogP contribution in [-0.2, 0) is 6.54 Å². The first kappa shape index (κ1) is 11.3. The van der Waals surface area contributed by atoms with E-state index in [9.17, 15) is 5.11 Å². The zero-order chi connectivity index (χ0) is 12.8. The first-order chi connectivity index (χ1) is 9.31. The summed E-state index contributed by atoms with van der Waals surface area (Å²) in [5.74, 6) is 0.493. The van der Waals surface area contributed by atoms with Crippen LogP contribution in [0.15, 0.2) is 31.0 Å². The van der Waals surface area contributed by atoms with Gasteiger partial charge in [0.15, 0.2) is 0 Å². The summed E-state index contributed by atoms with van der Waals surface area (Å²) in [4.78, 5) is 4.26. The van der Waals surface area contributed by atoms with Gasteiger partial charge in [-0.2, -0.15) is 0 Å². The maximum atomic E-state index is 10.1. The predicted octanol–water partition coefficient (Wildman–Crippen LogP) is 2.51. The molecule has 4 heteroatoms. The Kier molecular flexibility index (Phi) is 2.52. The lowest BCUT2D eigenvalue weighted by atomic mass is 10.1. The molecule has 2 fully saturated rings. The third-order valence-electron chi connectivity index (χ3n) is 4.21. The molecular formula is C15H19N3O. The highest BCUT2D eigenvalue weighted by Gasteiger charge is 2.31. The molecule has 2 saturated carbocycles.